The van der Waals surface area contributed by atoms with Crippen LogP contribution in [0.3, 0.4) is 0 Å². The lowest BCUT2D eigenvalue weighted by Gasteiger charge is -2.34. The molecule has 0 atom stereocenters. The van der Waals surface area contributed by atoms with E-state index >= 15 is 0 Å². The van der Waals surface area contributed by atoms with E-state index in [1.165, 1.54) is 23.4 Å². The standard InChI is InChI=1S/C8H17NO2S/c1-7-4-8(5-7)6-9(2)12(3,10)11/h7-8H,4-6H2,1-3H3. The molecular weight excluding hydrogens is 174 g/mol. The van der Waals surface area contributed by atoms with E-state index in [0.29, 0.717) is 12.5 Å². The molecule has 0 aliphatic heterocycles. The number of hydrogen-bond acceptors (Lipinski definition) is 2. The molecule has 0 aromatic heterocycles. The predicted molar refractivity (Wildman–Crippen MR) is 49.4 cm³/mol. The first-order valence-electron chi connectivity index (χ1n) is 4.31. The van der Waals surface area contributed by atoms with Crippen molar-refractivity contribution in [1.82, 2.24) is 4.31 Å². The molecule has 0 unspecified atom stereocenters. The zero-order valence-electron chi connectivity index (χ0n) is 7.95. The summed E-state index contributed by atoms with van der Waals surface area (Å²) in [6.07, 6.45) is 3.62. The third-order valence-corrected chi connectivity index (χ3v) is 3.83. The van der Waals surface area contributed by atoms with Crippen molar-refractivity contribution in [2.24, 2.45) is 11.8 Å². The number of rotatable bonds is 3. The van der Waals surface area contributed by atoms with Gasteiger partial charge in [0.15, 0.2) is 0 Å². The predicted octanol–water partition coefficient (Wildman–Crippen LogP) is 0.924. The van der Waals surface area contributed by atoms with Gasteiger partial charge in [-0.1, -0.05) is 6.92 Å². The molecule has 1 rings (SSSR count). The highest BCUT2D eigenvalue weighted by Gasteiger charge is 2.28. The Balaban J connectivity index is 2.33. The van der Waals surface area contributed by atoms with Gasteiger partial charge in [0.25, 0.3) is 0 Å². The van der Waals surface area contributed by atoms with Gasteiger partial charge in [0.05, 0.1) is 6.26 Å². The molecule has 72 valence electrons. The molecule has 1 saturated carbocycles. The lowest BCUT2D eigenvalue weighted by Crippen LogP contribution is -2.36. The third kappa shape index (κ3) is 2.45. The van der Waals surface area contributed by atoms with Crippen LogP contribution in [0.25, 0.3) is 0 Å². The maximum Gasteiger partial charge on any atom is 0.210 e. The minimum absolute atomic E-state index is 0.597. The number of nitrogens with zero attached hydrogens (tertiary/aromatic N) is 1. The Labute approximate surface area is 74.8 Å². The molecule has 1 aliphatic rings. The Kier molecular flexibility index (Phi) is 2.78. The molecule has 1 aliphatic carbocycles. The summed E-state index contributed by atoms with van der Waals surface area (Å²) in [5.74, 6) is 1.39. The van der Waals surface area contributed by atoms with Crippen LogP contribution in [0.1, 0.15) is 19.8 Å². The summed E-state index contributed by atoms with van der Waals surface area (Å²) in [7, 11) is -1.31. The molecule has 3 nitrogen and oxygen atoms in total. The second-order valence-corrected chi connectivity index (χ2v) is 6.08. The molecule has 0 heterocycles. The van der Waals surface area contributed by atoms with Crippen molar-refractivity contribution in [2.45, 2.75) is 19.8 Å². The molecule has 0 saturated heterocycles. The topological polar surface area (TPSA) is 37.4 Å². The van der Waals surface area contributed by atoms with E-state index in [-0.39, 0.29) is 0 Å². The average molecular weight is 191 g/mol. The third-order valence-electron chi connectivity index (χ3n) is 2.55. The van der Waals surface area contributed by atoms with Crippen LogP contribution in [0.5, 0.6) is 0 Å². The van der Waals surface area contributed by atoms with Gasteiger partial charge in [-0.15, -0.1) is 0 Å². The van der Waals surface area contributed by atoms with Crippen LogP contribution in [0.4, 0.5) is 0 Å². The van der Waals surface area contributed by atoms with E-state index in [0.717, 1.165) is 5.92 Å². The van der Waals surface area contributed by atoms with Gasteiger partial charge < -0.3 is 0 Å². The van der Waals surface area contributed by atoms with Crippen molar-refractivity contribution in [3.05, 3.63) is 0 Å². The van der Waals surface area contributed by atoms with E-state index in [1.807, 2.05) is 0 Å². The summed E-state index contributed by atoms with van der Waals surface area (Å²) in [5, 5.41) is 0. The molecule has 0 aromatic rings. The van der Waals surface area contributed by atoms with Gasteiger partial charge in [-0.05, 0) is 24.7 Å². The van der Waals surface area contributed by atoms with Crippen molar-refractivity contribution in [2.75, 3.05) is 19.8 Å². The largest absolute Gasteiger partial charge is 0.213 e. The van der Waals surface area contributed by atoms with E-state index in [9.17, 15) is 8.42 Å². The van der Waals surface area contributed by atoms with Crippen molar-refractivity contribution >= 4 is 10.0 Å². The molecule has 0 amide bonds. The maximum absolute atomic E-state index is 11.0. The molecule has 12 heavy (non-hydrogen) atoms. The maximum atomic E-state index is 11.0. The van der Waals surface area contributed by atoms with Gasteiger partial charge >= 0.3 is 0 Å². The molecule has 0 aromatic carbocycles. The normalized spacial score (nSPS) is 30.3. The van der Waals surface area contributed by atoms with Crippen molar-refractivity contribution < 1.29 is 8.42 Å². The first-order chi connectivity index (χ1) is 5.39. The minimum Gasteiger partial charge on any atom is -0.213 e. The lowest BCUT2D eigenvalue weighted by atomic mass is 9.76. The second-order valence-electron chi connectivity index (χ2n) is 3.99. The SMILES string of the molecule is CC1CC(CN(C)S(C)(=O)=O)C1. The van der Waals surface area contributed by atoms with Crippen molar-refractivity contribution in [3.63, 3.8) is 0 Å². The Morgan fingerprint density at radius 1 is 1.42 bits per heavy atom. The van der Waals surface area contributed by atoms with E-state index in [1.54, 1.807) is 7.05 Å². The van der Waals surface area contributed by atoms with Crippen molar-refractivity contribution in [1.29, 1.82) is 0 Å². The van der Waals surface area contributed by atoms with Crippen LogP contribution in [0, 0.1) is 11.8 Å². The first-order valence-corrected chi connectivity index (χ1v) is 6.15. The number of hydrogen-bond donors (Lipinski definition) is 0. The monoisotopic (exact) mass is 191 g/mol. The van der Waals surface area contributed by atoms with Gasteiger partial charge in [-0.25, -0.2) is 12.7 Å². The summed E-state index contributed by atoms with van der Waals surface area (Å²) >= 11 is 0. The summed E-state index contributed by atoms with van der Waals surface area (Å²) in [5.41, 5.74) is 0. The molecule has 0 N–H and O–H groups in total. The Hall–Kier alpha value is -0.0900. The van der Waals surface area contributed by atoms with Crippen LogP contribution < -0.4 is 0 Å². The molecular formula is C8H17NO2S. The highest BCUT2D eigenvalue weighted by atomic mass is 32.2. The van der Waals surface area contributed by atoms with Crippen molar-refractivity contribution in [3.8, 4) is 0 Å². The van der Waals surface area contributed by atoms with Crippen LogP contribution in [-0.2, 0) is 10.0 Å². The molecule has 0 radical (unpaired) electrons. The van der Waals surface area contributed by atoms with E-state index in [2.05, 4.69) is 6.92 Å². The highest BCUT2D eigenvalue weighted by Crippen LogP contribution is 2.33. The van der Waals surface area contributed by atoms with Gasteiger partial charge in [0.1, 0.15) is 0 Å². The van der Waals surface area contributed by atoms with Gasteiger partial charge in [0.2, 0.25) is 10.0 Å². The van der Waals surface area contributed by atoms with Gasteiger partial charge in [0, 0.05) is 13.6 Å². The number of sulfonamides is 1. The minimum atomic E-state index is -2.96. The second kappa shape index (κ2) is 3.34. The fourth-order valence-corrected chi connectivity index (χ4v) is 2.20. The summed E-state index contributed by atoms with van der Waals surface area (Å²) in [6, 6.07) is 0. The zero-order chi connectivity index (χ0) is 9.35. The molecule has 0 spiro atoms. The Morgan fingerprint density at radius 2 is 1.92 bits per heavy atom. The van der Waals surface area contributed by atoms with Gasteiger partial charge in [-0.3, -0.25) is 0 Å². The summed E-state index contributed by atoms with van der Waals surface area (Å²) in [6.45, 7) is 2.90. The van der Waals surface area contributed by atoms with E-state index < -0.39 is 10.0 Å². The lowest BCUT2D eigenvalue weighted by molar-refractivity contribution is 0.184. The van der Waals surface area contributed by atoms with E-state index in [4.69, 9.17) is 0 Å². The fraction of sp³-hybridized carbons (Fsp3) is 1.00. The van der Waals surface area contributed by atoms with Gasteiger partial charge in [-0.2, -0.15) is 0 Å². The fourth-order valence-electron chi connectivity index (χ4n) is 1.72. The molecule has 4 heteroatoms. The highest BCUT2D eigenvalue weighted by molar-refractivity contribution is 7.88. The molecule has 0 bridgehead atoms. The quantitative estimate of drug-likeness (QED) is 0.665. The van der Waals surface area contributed by atoms with Crippen LogP contribution in [0.2, 0.25) is 0 Å². The Bertz CT molecular complexity index is 242. The van der Waals surface area contributed by atoms with Crippen LogP contribution in [0.15, 0.2) is 0 Å². The summed E-state index contributed by atoms with van der Waals surface area (Å²) < 4.78 is 23.5. The van der Waals surface area contributed by atoms with Crippen LogP contribution >= 0.6 is 0 Å². The summed E-state index contributed by atoms with van der Waals surface area (Å²) in [4.78, 5) is 0. The smallest absolute Gasteiger partial charge is 0.210 e. The Morgan fingerprint density at radius 3 is 2.25 bits per heavy atom. The van der Waals surface area contributed by atoms with Crippen LogP contribution in [-0.4, -0.2) is 32.6 Å². The first kappa shape index (κ1) is 9.99. The zero-order valence-corrected chi connectivity index (χ0v) is 8.76. The molecule has 1 fully saturated rings. The average Bonchev–Trinajstić information content (AvgIpc) is 1.82.